The Hall–Kier alpha value is -1.06. The highest BCUT2D eigenvalue weighted by molar-refractivity contribution is 5.30. The quantitative estimate of drug-likeness (QED) is 0.834. The molecule has 0 aliphatic rings. The molecule has 0 radical (unpaired) electrons. The maximum atomic E-state index is 10.2. The van der Waals surface area contributed by atoms with Crippen LogP contribution in [0.1, 0.15) is 26.3 Å². The molecule has 0 bridgehead atoms. The van der Waals surface area contributed by atoms with E-state index in [0.29, 0.717) is 0 Å². The molecule has 1 rings (SSSR count). The number of ether oxygens (including phenoxy) is 2. The van der Waals surface area contributed by atoms with Crippen molar-refractivity contribution in [2.24, 2.45) is 0 Å². The lowest BCUT2D eigenvalue weighted by Gasteiger charge is -2.25. The van der Waals surface area contributed by atoms with Crippen LogP contribution in [0.4, 0.5) is 0 Å². The summed E-state index contributed by atoms with van der Waals surface area (Å²) in [6.45, 7) is 5.93. The monoisotopic (exact) mass is 224 g/mol. The van der Waals surface area contributed by atoms with Crippen molar-refractivity contribution in [2.75, 3.05) is 13.7 Å². The normalized spacial score (nSPS) is 14.9. The lowest BCUT2D eigenvalue weighted by molar-refractivity contribution is -0.0574. The molecule has 3 nitrogen and oxygen atoms in total. The van der Waals surface area contributed by atoms with Crippen LogP contribution in [0.25, 0.3) is 0 Å². The Labute approximate surface area is 97.0 Å². The third kappa shape index (κ3) is 3.51. The first-order chi connectivity index (χ1) is 7.45. The Morgan fingerprint density at radius 2 is 1.81 bits per heavy atom. The fourth-order valence-electron chi connectivity index (χ4n) is 1.36. The maximum Gasteiger partial charge on any atom is 0.118 e. The van der Waals surface area contributed by atoms with Gasteiger partial charge in [0.2, 0.25) is 0 Å². The van der Waals surface area contributed by atoms with Gasteiger partial charge >= 0.3 is 0 Å². The second kappa shape index (κ2) is 5.32. The minimum Gasteiger partial charge on any atom is -0.497 e. The van der Waals surface area contributed by atoms with Gasteiger partial charge in [0.1, 0.15) is 11.4 Å². The molecule has 1 aromatic carbocycles. The second-order valence-corrected chi connectivity index (χ2v) is 4.36. The van der Waals surface area contributed by atoms with Crippen molar-refractivity contribution in [3.05, 3.63) is 29.8 Å². The molecule has 0 saturated carbocycles. The summed E-state index contributed by atoms with van der Waals surface area (Å²) in [6, 6.07) is 7.36. The molecular weight excluding hydrogens is 204 g/mol. The second-order valence-electron chi connectivity index (χ2n) is 4.36. The van der Waals surface area contributed by atoms with Gasteiger partial charge < -0.3 is 14.6 Å². The summed E-state index contributed by atoms with van der Waals surface area (Å²) >= 11 is 0. The van der Waals surface area contributed by atoms with E-state index in [9.17, 15) is 5.11 Å². The van der Waals surface area contributed by atoms with Crippen LogP contribution in [0, 0.1) is 0 Å². The van der Waals surface area contributed by atoms with Gasteiger partial charge in [-0.25, -0.2) is 0 Å². The minimum atomic E-state index is -0.962. The molecule has 3 heteroatoms. The van der Waals surface area contributed by atoms with Crippen molar-refractivity contribution in [3.63, 3.8) is 0 Å². The predicted molar refractivity (Wildman–Crippen MR) is 63.7 cm³/mol. The van der Waals surface area contributed by atoms with Gasteiger partial charge in [-0.05, 0) is 38.5 Å². The highest BCUT2D eigenvalue weighted by Crippen LogP contribution is 2.23. The molecule has 0 spiro atoms. The van der Waals surface area contributed by atoms with E-state index in [4.69, 9.17) is 9.47 Å². The first-order valence-corrected chi connectivity index (χ1v) is 5.44. The van der Waals surface area contributed by atoms with Gasteiger partial charge in [-0.3, -0.25) is 0 Å². The maximum absolute atomic E-state index is 10.2. The van der Waals surface area contributed by atoms with Crippen molar-refractivity contribution in [1.29, 1.82) is 0 Å². The Morgan fingerprint density at radius 3 is 2.25 bits per heavy atom. The molecule has 90 valence electrons. The number of methoxy groups -OCH3 is 1. The van der Waals surface area contributed by atoms with E-state index in [1.165, 1.54) is 0 Å². The van der Waals surface area contributed by atoms with E-state index in [0.717, 1.165) is 11.3 Å². The molecule has 1 unspecified atom stereocenters. The largest absolute Gasteiger partial charge is 0.497 e. The molecule has 0 heterocycles. The van der Waals surface area contributed by atoms with E-state index in [2.05, 4.69) is 0 Å². The van der Waals surface area contributed by atoms with Crippen LogP contribution in [0.3, 0.4) is 0 Å². The summed E-state index contributed by atoms with van der Waals surface area (Å²) < 4.78 is 10.5. The number of rotatable bonds is 5. The predicted octanol–water partition coefficient (Wildman–Crippen LogP) is 2.33. The zero-order valence-corrected chi connectivity index (χ0v) is 10.4. The number of aliphatic hydroxyl groups is 1. The first-order valence-electron chi connectivity index (χ1n) is 5.44. The van der Waals surface area contributed by atoms with Crippen LogP contribution in [0.5, 0.6) is 5.75 Å². The average Bonchev–Trinajstić information content (AvgIpc) is 2.27. The van der Waals surface area contributed by atoms with Gasteiger partial charge in [-0.2, -0.15) is 0 Å². The van der Waals surface area contributed by atoms with Crippen molar-refractivity contribution in [3.8, 4) is 5.75 Å². The molecule has 0 aromatic heterocycles. The van der Waals surface area contributed by atoms with Gasteiger partial charge in [0.25, 0.3) is 0 Å². The van der Waals surface area contributed by atoms with E-state index < -0.39 is 5.60 Å². The molecule has 1 N–H and O–H groups in total. The van der Waals surface area contributed by atoms with Crippen molar-refractivity contribution in [1.82, 2.24) is 0 Å². The number of hydrogen-bond acceptors (Lipinski definition) is 3. The Bertz CT molecular complexity index is 314. The average molecular weight is 224 g/mol. The van der Waals surface area contributed by atoms with Gasteiger partial charge in [0.15, 0.2) is 0 Å². The lowest BCUT2D eigenvalue weighted by Crippen LogP contribution is -2.29. The molecule has 0 aliphatic heterocycles. The van der Waals surface area contributed by atoms with Gasteiger partial charge in [-0.1, -0.05) is 12.1 Å². The van der Waals surface area contributed by atoms with Gasteiger partial charge in [0, 0.05) is 0 Å². The van der Waals surface area contributed by atoms with Crippen LogP contribution in [-0.2, 0) is 10.3 Å². The van der Waals surface area contributed by atoms with E-state index >= 15 is 0 Å². The zero-order chi connectivity index (χ0) is 12.2. The topological polar surface area (TPSA) is 38.7 Å². The van der Waals surface area contributed by atoms with E-state index in [1.54, 1.807) is 14.0 Å². The van der Waals surface area contributed by atoms with Crippen LogP contribution in [-0.4, -0.2) is 24.9 Å². The molecule has 1 aromatic rings. The zero-order valence-electron chi connectivity index (χ0n) is 10.4. The number of hydrogen-bond donors (Lipinski definition) is 1. The summed E-state index contributed by atoms with van der Waals surface area (Å²) in [6.07, 6.45) is 0.115. The van der Waals surface area contributed by atoms with Crippen molar-refractivity contribution in [2.45, 2.75) is 32.5 Å². The van der Waals surface area contributed by atoms with E-state index in [1.807, 2.05) is 38.1 Å². The third-order valence-electron chi connectivity index (χ3n) is 2.41. The van der Waals surface area contributed by atoms with E-state index in [-0.39, 0.29) is 12.7 Å². The van der Waals surface area contributed by atoms with Gasteiger partial charge in [-0.15, -0.1) is 0 Å². The van der Waals surface area contributed by atoms with Crippen molar-refractivity contribution < 1.29 is 14.6 Å². The fourth-order valence-corrected chi connectivity index (χ4v) is 1.36. The summed E-state index contributed by atoms with van der Waals surface area (Å²) in [4.78, 5) is 0. The van der Waals surface area contributed by atoms with Crippen LogP contribution < -0.4 is 4.74 Å². The Kier molecular flexibility index (Phi) is 4.33. The third-order valence-corrected chi connectivity index (χ3v) is 2.41. The lowest BCUT2D eigenvalue weighted by atomic mass is 9.97. The van der Waals surface area contributed by atoms with Crippen LogP contribution in [0.2, 0.25) is 0 Å². The SMILES string of the molecule is COc1ccc(C(C)(O)COC(C)C)cc1. The fraction of sp³-hybridized carbons (Fsp3) is 0.538. The van der Waals surface area contributed by atoms with Crippen LogP contribution >= 0.6 is 0 Å². The van der Waals surface area contributed by atoms with Crippen LogP contribution in [0.15, 0.2) is 24.3 Å². The summed E-state index contributed by atoms with van der Waals surface area (Å²) in [5, 5.41) is 10.2. The highest BCUT2D eigenvalue weighted by atomic mass is 16.5. The Balaban J connectivity index is 2.72. The summed E-state index contributed by atoms with van der Waals surface area (Å²) in [7, 11) is 1.62. The summed E-state index contributed by atoms with van der Waals surface area (Å²) in [5.74, 6) is 0.782. The molecule has 0 fully saturated rings. The summed E-state index contributed by atoms with van der Waals surface area (Å²) in [5.41, 5.74) is -0.134. The highest BCUT2D eigenvalue weighted by Gasteiger charge is 2.23. The standard InChI is InChI=1S/C13H20O3/c1-10(2)16-9-13(3,14)11-5-7-12(15-4)8-6-11/h5-8,10,14H,9H2,1-4H3. The molecule has 1 atom stereocenters. The van der Waals surface area contributed by atoms with Gasteiger partial charge in [0.05, 0.1) is 19.8 Å². The number of benzene rings is 1. The van der Waals surface area contributed by atoms with Crippen molar-refractivity contribution >= 4 is 0 Å². The molecule has 0 saturated heterocycles. The molecule has 0 amide bonds. The smallest absolute Gasteiger partial charge is 0.118 e. The molecule has 16 heavy (non-hydrogen) atoms. The minimum absolute atomic E-state index is 0.115. The first kappa shape index (κ1) is 13.0. The molecular formula is C13H20O3. The molecule has 0 aliphatic carbocycles. The Morgan fingerprint density at radius 1 is 1.25 bits per heavy atom.